The lowest BCUT2D eigenvalue weighted by atomic mass is 9.87. The van der Waals surface area contributed by atoms with Crippen LogP contribution in [0.1, 0.15) is 39.0 Å². The fraction of sp³-hybridized carbons (Fsp3) is 0.733. The monoisotopic (exact) mass is 310 g/mol. The van der Waals surface area contributed by atoms with Gasteiger partial charge in [-0.3, -0.25) is 0 Å². The van der Waals surface area contributed by atoms with Crippen molar-refractivity contribution in [1.82, 2.24) is 9.97 Å². The summed E-state index contributed by atoms with van der Waals surface area (Å²) in [5.41, 5.74) is 0. The Balaban J connectivity index is 1.94. The lowest BCUT2D eigenvalue weighted by molar-refractivity contribution is 0.104. The summed E-state index contributed by atoms with van der Waals surface area (Å²) < 4.78 is 0. The van der Waals surface area contributed by atoms with Gasteiger partial charge in [0, 0.05) is 19.2 Å². The molecule has 0 spiro atoms. The van der Waals surface area contributed by atoms with Crippen LogP contribution in [0.15, 0.2) is 11.2 Å². The number of aromatic nitrogens is 2. The number of hydrogen-bond acceptors (Lipinski definition) is 6. The molecular weight excluding hydrogens is 284 g/mol. The normalized spacial score (nSPS) is 22.0. The predicted molar refractivity (Wildman–Crippen MR) is 89.0 cm³/mol. The highest BCUT2D eigenvalue weighted by Crippen LogP contribution is 2.25. The summed E-state index contributed by atoms with van der Waals surface area (Å²) in [6, 6.07) is 1.97. The van der Waals surface area contributed by atoms with Crippen LogP contribution in [0.5, 0.6) is 0 Å². The second-order valence-electron chi connectivity index (χ2n) is 5.62. The third kappa shape index (κ3) is 5.36. The molecule has 2 unspecified atom stereocenters. The van der Waals surface area contributed by atoms with Gasteiger partial charge in [-0.25, -0.2) is 9.97 Å². The molecule has 0 bridgehead atoms. The number of nitrogens with one attached hydrogen (secondary N) is 2. The van der Waals surface area contributed by atoms with E-state index in [4.69, 9.17) is 0 Å². The number of hydrogen-bond donors (Lipinski definition) is 3. The van der Waals surface area contributed by atoms with Gasteiger partial charge in [0.1, 0.15) is 11.6 Å². The van der Waals surface area contributed by atoms with E-state index in [1.807, 2.05) is 12.3 Å². The Morgan fingerprint density at radius 1 is 1.29 bits per heavy atom. The molecule has 2 atom stereocenters. The van der Waals surface area contributed by atoms with Crippen molar-refractivity contribution in [3.8, 4) is 0 Å². The molecular formula is C15H26N4OS. The highest BCUT2D eigenvalue weighted by atomic mass is 32.2. The molecule has 5 nitrogen and oxygen atoms in total. The molecule has 1 aromatic heterocycles. The maximum absolute atomic E-state index is 9.73. The Labute approximate surface area is 131 Å². The lowest BCUT2D eigenvalue weighted by Gasteiger charge is -2.26. The molecule has 0 aromatic carbocycles. The van der Waals surface area contributed by atoms with Crippen LogP contribution in [-0.2, 0) is 0 Å². The van der Waals surface area contributed by atoms with Crippen LogP contribution < -0.4 is 10.6 Å². The van der Waals surface area contributed by atoms with Gasteiger partial charge in [-0.05, 0) is 37.9 Å². The molecule has 1 aliphatic carbocycles. The van der Waals surface area contributed by atoms with Crippen molar-refractivity contribution in [3.05, 3.63) is 6.07 Å². The van der Waals surface area contributed by atoms with Crippen LogP contribution in [0, 0.1) is 5.92 Å². The number of thioether (sulfide) groups is 1. The molecule has 3 N–H and O–H groups in total. The first kappa shape index (κ1) is 16.4. The van der Waals surface area contributed by atoms with Crippen LogP contribution >= 0.6 is 11.8 Å². The van der Waals surface area contributed by atoms with Gasteiger partial charge in [0.2, 0.25) is 0 Å². The summed E-state index contributed by atoms with van der Waals surface area (Å²) in [7, 11) is 0. The van der Waals surface area contributed by atoms with Gasteiger partial charge < -0.3 is 15.7 Å². The van der Waals surface area contributed by atoms with E-state index in [0.717, 1.165) is 55.6 Å². The Morgan fingerprint density at radius 3 is 2.71 bits per heavy atom. The van der Waals surface area contributed by atoms with Crippen LogP contribution in [0.4, 0.5) is 11.6 Å². The zero-order chi connectivity index (χ0) is 15.1. The number of aliphatic hydroxyl groups excluding tert-OH is 1. The zero-order valence-corrected chi connectivity index (χ0v) is 13.7. The van der Waals surface area contributed by atoms with E-state index in [0.29, 0.717) is 5.92 Å². The molecule has 0 amide bonds. The van der Waals surface area contributed by atoms with E-state index in [9.17, 15) is 5.11 Å². The van der Waals surface area contributed by atoms with E-state index in [1.165, 1.54) is 6.42 Å². The number of anilines is 2. The smallest absolute Gasteiger partial charge is 0.191 e. The van der Waals surface area contributed by atoms with Crippen LogP contribution in [0.25, 0.3) is 0 Å². The summed E-state index contributed by atoms with van der Waals surface area (Å²) >= 11 is 1.55. The molecule has 1 heterocycles. The van der Waals surface area contributed by atoms with E-state index in [-0.39, 0.29) is 6.10 Å². The first-order valence-corrected chi connectivity index (χ1v) is 9.02. The molecule has 0 saturated heterocycles. The topological polar surface area (TPSA) is 70.1 Å². The van der Waals surface area contributed by atoms with E-state index in [1.54, 1.807) is 11.8 Å². The standard InChI is InChI=1S/C15H26N4OS/c1-3-7-16-13-9-14(19-15(18-13)21-2)17-10-11-5-4-6-12(20)8-11/h9,11-12,20H,3-8,10H2,1-2H3,(H2,16,17,18,19). The molecule has 118 valence electrons. The summed E-state index contributed by atoms with van der Waals surface area (Å²) in [5, 5.41) is 17.2. The summed E-state index contributed by atoms with van der Waals surface area (Å²) in [4.78, 5) is 8.96. The predicted octanol–water partition coefficient (Wildman–Crippen LogP) is 2.98. The average molecular weight is 310 g/mol. The lowest BCUT2D eigenvalue weighted by Crippen LogP contribution is -2.25. The third-order valence-corrected chi connectivity index (χ3v) is 4.32. The minimum absolute atomic E-state index is 0.125. The highest BCUT2D eigenvalue weighted by Gasteiger charge is 2.20. The first-order chi connectivity index (χ1) is 10.2. The SMILES string of the molecule is CCCNc1cc(NCC2CCCC(O)C2)nc(SC)n1. The Hall–Kier alpha value is -1.01. The van der Waals surface area contributed by atoms with Gasteiger partial charge in [0.05, 0.1) is 6.10 Å². The van der Waals surface area contributed by atoms with Gasteiger partial charge in [-0.2, -0.15) is 0 Å². The zero-order valence-electron chi connectivity index (χ0n) is 12.9. The van der Waals surface area contributed by atoms with Gasteiger partial charge in [-0.15, -0.1) is 0 Å². The number of nitrogens with zero attached hydrogens (tertiary/aromatic N) is 2. The van der Waals surface area contributed by atoms with Crippen molar-refractivity contribution in [2.75, 3.05) is 30.0 Å². The molecule has 0 radical (unpaired) electrons. The summed E-state index contributed by atoms with van der Waals surface area (Å²) in [6.07, 6.45) is 7.09. The second kappa shape index (κ2) is 8.44. The van der Waals surface area contributed by atoms with Crippen LogP contribution in [0.2, 0.25) is 0 Å². The molecule has 0 aliphatic heterocycles. The second-order valence-corrected chi connectivity index (χ2v) is 6.39. The van der Waals surface area contributed by atoms with Gasteiger partial charge in [0.15, 0.2) is 5.16 Å². The highest BCUT2D eigenvalue weighted by molar-refractivity contribution is 7.98. The summed E-state index contributed by atoms with van der Waals surface area (Å²) in [5.74, 6) is 2.28. The fourth-order valence-electron chi connectivity index (χ4n) is 2.65. The van der Waals surface area contributed by atoms with Crippen molar-refractivity contribution in [2.45, 2.75) is 50.3 Å². The fourth-order valence-corrected chi connectivity index (χ4v) is 3.03. The molecule has 2 rings (SSSR count). The Bertz CT molecular complexity index is 444. The Kier molecular flexibility index (Phi) is 6.57. The van der Waals surface area contributed by atoms with E-state index < -0.39 is 0 Å². The van der Waals surface area contributed by atoms with Gasteiger partial charge in [0.25, 0.3) is 0 Å². The number of rotatable bonds is 7. The van der Waals surface area contributed by atoms with Crippen molar-refractivity contribution >= 4 is 23.4 Å². The maximum Gasteiger partial charge on any atom is 0.191 e. The van der Waals surface area contributed by atoms with Crippen molar-refractivity contribution in [3.63, 3.8) is 0 Å². The van der Waals surface area contributed by atoms with Crippen molar-refractivity contribution < 1.29 is 5.11 Å². The molecule has 1 fully saturated rings. The molecule has 1 saturated carbocycles. The van der Waals surface area contributed by atoms with E-state index >= 15 is 0 Å². The Morgan fingerprint density at radius 2 is 2.05 bits per heavy atom. The maximum atomic E-state index is 9.73. The van der Waals surface area contributed by atoms with Crippen LogP contribution in [-0.4, -0.2) is 40.5 Å². The largest absolute Gasteiger partial charge is 0.393 e. The van der Waals surface area contributed by atoms with Crippen molar-refractivity contribution in [1.29, 1.82) is 0 Å². The van der Waals surface area contributed by atoms with Gasteiger partial charge >= 0.3 is 0 Å². The molecule has 1 aliphatic rings. The van der Waals surface area contributed by atoms with E-state index in [2.05, 4.69) is 27.5 Å². The quantitative estimate of drug-likeness (QED) is 0.531. The van der Waals surface area contributed by atoms with Crippen LogP contribution in [0.3, 0.4) is 0 Å². The summed E-state index contributed by atoms with van der Waals surface area (Å²) in [6.45, 7) is 3.92. The van der Waals surface area contributed by atoms with Crippen molar-refractivity contribution in [2.24, 2.45) is 5.92 Å². The van der Waals surface area contributed by atoms with Gasteiger partial charge in [-0.1, -0.05) is 25.1 Å². The molecule has 6 heteroatoms. The average Bonchev–Trinajstić information content (AvgIpc) is 2.51. The molecule has 1 aromatic rings. The first-order valence-electron chi connectivity index (χ1n) is 7.80. The molecule has 21 heavy (non-hydrogen) atoms. The third-order valence-electron chi connectivity index (χ3n) is 3.77. The number of aliphatic hydroxyl groups is 1. The minimum Gasteiger partial charge on any atom is -0.393 e. The minimum atomic E-state index is -0.125.